The summed E-state index contributed by atoms with van der Waals surface area (Å²) in [5, 5.41) is 5.20. The molecule has 6 nitrogen and oxygen atoms in total. The minimum absolute atomic E-state index is 0.0352. The van der Waals surface area contributed by atoms with Crippen LogP contribution in [0.2, 0.25) is 5.02 Å². The van der Waals surface area contributed by atoms with Gasteiger partial charge >= 0.3 is 0 Å². The first-order valence-electron chi connectivity index (χ1n) is 8.58. The lowest BCUT2D eigenvalue weighted by Gasteiger charge is -2.31. The third-order valence-corrected chi connectivity index (χ3v) is 5.77. The summed E-state index contributed by atoms with van der Waals surface area (Å²) in [6.07, 6.45) is 1.24. The average Bonchev–Trinajstić information content (AvgIpc) is 3.23. The summed E-state index contributed by atoms with van der Waals surface area (Å²) in [6, 6.07) is 6.95. The maximum atomic E-state index is 12.7. The maximum Gasteiger partial charge on any atom is 0.263 e. The molecule has 1 aromatic heterocycles. The first kappa shape index (κ1) is 19.5. The molecule has 144 valence electrons. The largest absolute Gasteiger partial charge is 0.495 e. The molecule has 0 radical (unpaired) electrons. The van der Waals surface area contributed by atoms with Crippen LogP contribution in [-0.2, 0) is 4.79 Å². The number of hydrogen-bond acceptors (Lipinski definition) is 5. The van der Waals surface area contributed by atoms with Crippen molar-refractivity contribution < 1.29 is 19.1 Å². The average molecular weight is 409 g/mol. The highest BCUT2D eigenvalue weighted by Crippen LogP contribution is 2.36. The number of piperidine rings is 1. The number of amides is 2. The van der Waals surface area contributed by atoms with Gasteiger partial charge in [0.1, 0.15) is 11.5 Å². The van der Waals surface area contributed by atoms with E-state index in [9.17, 15) is 9.59 Å². The van der Waals surface area contributed by atoms with Crippen molar-refractivity contribution in [3.05, 3.63) is 39.5 Å². The Balaban J connectivity index is 1.62. The topological polar surface area (TPSA) is 67.9 Å². The number of rotatable bonds is 5. The van der Waals surface area contributed by atoms with Gasteiger partial charge in [-0.05, 0) is 24.3 Å². The minimum atomic E-state index is -0.163. The Morgan fingerprint density at radius 2 is 1.89 bits per heavy atom. The Kier molecular flexibility index (Phi) is 6.23. The summed E-state index contributed by atoms with van der Waals surface area (Å²) >= 11 is 7.53. The normalized spacial score (nSPS) is 14.7. The molecule has 3 rings (SSSR count). The molecule has 1 N–H and O–H groups in total. The van der Waals surface area contributed by atoms with Gasteiger partial charge in [-0.3, -0.25) is 9.59 Å². The number of nitrogens with zero attached hydrogens (tertiary/aromatic N) is 1. The molecule has 1 aromatic carbocycles. The quantitative estimate of drug-likeness (QED) is 0.814. The van der Waals surface area contributed by atoms with Crippen molar-refractivity contribution in [1.82, 2.24) is 4.90 Å². The van der Waals surface area contributed by atoms with E-state index in [0.29, 0.717) is 48.1 Å². The van der Waals surface area contributed by atoms with Crippen LogP contribution in [0.3, 0.4) is 0 Å². The van der Waals surface area contributed by atoms with E-state index >= 15 is 0 Å². The molecular formula is C19H21ClN2O4S. The molecule has 1 aliphatic rings. The molecule has 1 fully saturated rings. The van der Waals surface area contributed by atoms with Crippen LogP contribution in [0.15, 0.2) is 29.6 Å². The van der Waals surface area contributed by atoms with E-state index < -0.39 is 0 Å². The van der Waals surface area contributed by atoms with E-state index in [1.807, 2.05) is 22.4 Å². The molecule has 0 unspecified atom stereocenters. The van der Waals surface area contributed by atoms with Crippen LogP contribution < -0.4 is 14.8 Å². The zero-order valence-corrected chi connectivity index (χ0v) is 16.7. The van der Waals surface area contributed by atoms with Crippen molar-refractivity contribution in [2.75, 3.05) is 32.6 Å². The van der Waals surface area contributed by atoms with Crippen molar-refractivity contribution in [2.24, 2.45) is 5.92 Å². The van der Waals surface area contributed by atoms with Crippen LogP contribution in [-0.4, -0.2) is 44.0 Å². The summed E-state index contributed by atoms with van der Waals surface area (Å²) < 4.78 is 10.5. The van der Waals surface area contributed by atoms with Crippen molar-refractivity contribution >= 4 is 40.4 Å². The summed E-state index contributed by atoms with van der Waals surface area (Å²) in [7, 11) is 3.03. The Hall–Kier alpha value is -2.25. The van der Waals surface area contributed by atoms with Gasteiger partial charge < -0.3 is 19.7 Å². The van der Waals surface area contributed by atoms with Gasteiger partial charge in [-0.15, -0.1) is 11.3 Å². The number of carbonyl (C=O) groups excluding carboxylic acids is 2. The van der Waals surface area contributed by atoms with Crippen LogP contribution in [0.4, 0.5) is 5.69 Å². The Morgan fingerprint density at radius 3 is 2.48 bits per heavy atom. The molecule has 0 aliphatic carbocycles. The monoisotopic (exact) mass is 408 g/mol. The maximum absolute atomic E-state index is 12.7. The number of thiophene rings is 1. The molecule has 1 saturated heterocycles. The highest BCUT2D eigenvalue weighted by molar-refractivity contribution is 7.12. The number of halogens is 1. The van der Waals surface area contributed by atoms with E-state index in [-0.39, 0.29) is 17.7 Å². The molecule has 8 heteroatoms. The predicted octanol–water partition coefficient (Wildman–Crippen LogP) is 3.91. The van der Waals surface area contributed by atoms with E-state index in [1.54, 1.807) is 12.1 Å². The summed E-state index contributed by atoms with van der Waals surface area (Å²) in [5.41, 5.74) is 0.515. The van der Waals surface area contributed by atoms with Crippen LogP contribution in [0.5, 0.6) is 11.5 Å². The van der Waals surface area contributed by atoms with E-state index in [1.165, 1.54) is 25.6 Å². The van der Waals surface area contributed by atoms with Gasteiger partial charge in [-0.2, -0.15) is 0 Å². The SMILES string of the molecule is COc1cc(NC(=O)C2CCN(C(=O)c3cccs3)CC2)c(OC)cc1Cl. The van der Waals surface area contributed by atoms with Crippen molar-refractivity contribution in [3.8, 4) is 11.5 Å². The number of nitrogens with one attached hydrogen (secondary N) is 1. The first-order valence-corrected chi connectivity index (χ1v) is 9.84. The third-order valence-electron chi connectivity index (χ3n) is 4.62. The fraction of sp³-hybridized carbons (Fsp3) is 0.368. The van der Waals surface area contributed by atoms with Crippen molar-refractivity contribution in [2.45, 2.75) is 12.8 Å². The van der Waals surface area contributed by atoms with Gasteiger partial charge in [0, 0.05) is 31.1 Å². The lowest BCUT2D eigenvalue weighted by atomic mass is 9.95. The number of anilines is 1. The summed E-state index contributed by atoms with van der Waals surface area (Å²) in [5.74, 6) is 0.709. The van der Waals surface area contributed by atoms with Crippen molar-refractivity contribution in [1.29, 1.82) is 0 Å². The Morgan fingerprint density at radius 1 is 1.19 bits per heavy atom. The van der Waals surface area contributed by atoms with E-state index in [4.69, 9.17) is 21.1 Å². The van der Waals surface area contributed by atoms with E-state index in [2.05, 4.69) is 5.32 Å². The van der Waals surface area contributed by atoms with Crippen LogP contribution >= 0.6 is 22.9 Å². The molecule has 2 heterocycles. The number of carbonyl (C=O) groups is 2. The lowest BCUT2D eigenvalue weighted by Crippen LogP contribution is -2.41. The van der Waals surface area contributed by atoms with Gasteiger partial charge in [0.15, 0.2) is 0 Å². The molecule has 0 spiro atoms. The number of methoxy groups -OCH3 is 2. The number of likely N-dealkylation sites (tertiary alicyclic amines) is 1. The Bertz CT molecular complexity index is 817. The highest BCUT2D eigenvalue weighted by atomic mass is 35.5. The zero-order chi connectivity index (χ0) is 19.4. The lowest BCUT2D eigenvalue weighted by molar-refractivity contribution is -0.121. The zero-order valence-electron chi connectivity index (χ0n) is 15.2. The molecule has 0 saturated carbocycles. The molecule has 2 aromatic rings. The first-order chi connectivity index (χ1) is 13.0. The number of benzene rings is 1. The third kappa shape index (κ3) is 4.36. The summed E-state index contributed by atoms with van der Waals surface area (Å²) in [4.78, 5) is 27.6. The second-order valence-electron chi connectivity index (χ2n) is 6.22. The smallest absolute Gasteiger partial charge is 0.263 e. The Labute approximate surface area is 167 Å². The van der Waals surface area contributed by atoms with Gasteiger partial charge in [0.2, 0.25) is 5.91 Å². The molecule has 0 atom stereocenters. The predicted molar refractivity (Wildman–Crippen MR) is 106 cm³/mol. The van der Waals surface area contributed by atoms with Crippen LogP contribution in [0.25, 0.3) is 0 Å². The fourth-order valence-corrected chi connectivity index (χ4v) is 4.02. The van der Waals surface area contributed by atoms with Gasteiger partial charge in [-0.1, -0.05) is 17.7 Å². The number of ether oxygens (including phenoxy) is 2. The van der Waals surface area contributed by atoms with Gasteiger partial charge in [-0.25, -0.2) is 0 Å². The summed E-state index contributed by atoms with van der Waals surface area (Å²) in [6.45, 7) is 1.13. The van der Waals surface area contributed by atoms with Crippen molar-refractivity contribution in [3.63, 3.8) is 0 Å². The fourth-order valence-electron chi connectivity index (χ4n) is 3.09. The molecule has 2 amide bonds. The standard InChI is InChI=1S/C19H21ClN2O4S/c1-25-15-11-14(16(26-2)10-13(15)20)21-18(23)12-5-7-22(8-6-12)19(24)17-4-3-9-27-17/h3-4,9-12H,5-8H2,1-2H3,(H,21,23). The second-order valence-corrected chi connectivity index (χ2v) is 7.57. The molecule has 27 heavy (non-hydrogen) atoms. The van der Waals surface area contributed by atoms with Crippen LogP contribution in [0, 0.1) is 5.92 Å². The van der Waals surface area contributed by atoms with Gasteiger partial charge in [0.05, 0.1) is 29.8 Å². The highest BCUT2D eigenvalue weighted by Gasteiger charge is 2.28. The molecule has 0 bridgehead atoms. The number of hydrogen-bond donors (Lipinski definition) is 1. The minimum Gasteiger partial charge on any atom is -0.495 e. The molecular weight excluding hydrogens is 388 g/mol. The second kappa shape index (κ2) is 8.63. The van der Waals surface area contributed by atoms with E-state index in [0.717, 1.165) is 4.88 Å². The van der Waals surface area contributed by atoms with Crippen LogP contribution in [0.1, 0.15) is 22.5 Å². The molecule has 1 aliphatic heterocycles. The van der Waals surface area contributed by atoms with Gasteiger partial charge in [0.25, 0.3) is 5.91 Å².